The summed E-state index contributed by atoms with van der Waals surface area (Å²) in [4.78, 5) is 4.38. The van der Waals surface area contributed by atoms with Crippen LogP contribution in [-0.4, -0.2) is 4.98 Å². The molecule has 1 heterocycles. The van der Waals surface area contributed by atoms with Crippen LogP contribution in [0.1, 0.15) is 38.8 Å². The van der Waals surface area contributed by atoms with Gasteiger partial charge in [-0.1, -0.05) is 31.5 Å². The number of rotatable bonds is 4. The molecule has 0 aliphatic heterocycles. The first-order valence-corrected chi connectivity index (χ1v) is 8.72. The summed E-state index contributed by atoms with van der Waals surface area (Å²) in [6.45, 7) is 13.8. The Morgan fingerprint density at radius 3 is 2.07 bits per heavy atom. The summed E-state index contributed by atoms with van der Waals surface area (Å²) >= 11 is 0. The fourth-order valence-corrected chi connectivity index (χ4v) is 1.94. The number of nitrogens with zero attached hydrogens (tertiary/aromatic N) is 4. The molecule has 2 rings (SSSR count). The van der Waals surface area contributed by atoms with Crippen LogP contribution in [-0.2, 0) is 19.8 Å². The second kappa shape index (κ2) is 22.0. The van der Waals surface area contributed by atoms with E-state index < -0.39 is 0 Å². The summed E-state index contributed by atoms with van der Waals surface area (Å²) in [5.41, 5.74) is 5.37. The molecule has 0 saturated carbocycles. The third-order valence-corrected chi connectivity index (χ3v) is 2.95. The Hall–Kier alpha value is -3.30. The Morgan fingerprint density at radius 1 is 1.03 bits per heavy atom. The van der Waals surface area contributed by atoms with Gasteiger partial charge < -0.3 is 0 Å². The van der Waals surface area contributed by atoms with Crippen LogP contribution in [0.25, 0.3) is 16.8 Å². The second-order valence-corrected chi connectivity index (χ2v) is 5.30. The maximum Gasteiger partial charge on any atom is 2.00 e. The van der Waals surface area contributed by atoms with Crippen molar-refractivity contribution in [3.63, 3.8) is 0 Å². The molecule has 4 nitrogen and oxygen atoms in total. The van der Waals surface area contributed by atoms with Crippen molar-refractivity contribution in [2.24, 2.45) is 0 Å². The molecule has 0 amide bonds. The van der Waals surface area contributed by atoms with Gasteiger partial charge in [0.2, 0.25) is 0 Å². The van der Waals surface area contributed by atoms with E-state index >= 15 is 0 Å². The van der Waals surface area contributed by atoms with Gasteiger partial charge in [-0.15, -0.1) is 41.0 Å². The van der Waals surface area contributed by atoms with Crippen LogP contribution in [0.15, 0.2) is 60.8 Å². The van der Waals surface area contributed by atoms with Crippen LogP contribution < -0.4 is 0 Å². The van der Waals surface area contributed by atoms with Gasteiger partial charge in [-0.2, -0.15) is 21.9 Å². The van der Waals surface area contributed by atoms with Crippen molar-refractivity contribution in [2.75, 3.05) is 0 Å². The molecule has 0 radical (unpaired) electrons. The van der Waals surface area contributed by atoms with Crippen molar-refractivity contribution in [1.82, 2.24) is 4.98 Å². The molecule has 0 saturated heterocycles. The van der Waals surface area contributed by atoms with Gasteiger partial charge in [0.05, 0.1) is 18.2 Å². The maximum absolute atomic E-state index is 7.32. The number of hydrogen-bond donors (Lipinski definition) is 0. The van der Waals surface area contributed by atoms with Crippen LogP contribution in [0.4, 0.5) is 0 Å². The minimum Gasteiger partial charge on any atom is -0.295 e. The predicted octanol–water partition coefficient (Wildman–Crippen LogP) is 6.39. The summed E-state index contributed by atoms with van der Waals surface area (Å²) in [6, 6.07) is 18.8. The fourth-order valence-electron chi connectivity index (χ4n) is 1.94. The first kappa shape index (κ1) is 31.4. The first-order valence-electron chi connectivity index (χ1n) is 8.72. The molecule has 0 fully saturated rings. The molecule has 0 atom stereocenters. The number of benzene rings is 1. The van der Waals surface area contributed by atoms with E-state index in [9.17, 15) is 0 Å². The number of aryl methyl sites for hydroxylation is 1. The van der Waals surface area contributed by atoms with Gasteiger partial charge in [-0.05, 0) is 6.07 Å². The van der Waals surface area contributed by atoms with Crippen molar-refractivity contribution in [3.05, 3.63) is 84.6 Å². The van der Waals surface area contributed by atoms with Crippen molar-refractivity contribution in [3.8, 4) is 29.5 Å². The van der Waals surface area contributed by atoms with Gasteiger partial charge in [0.15, 0.2) is 0 Å². The third-order valence-electron chi connectivity index (χ3n) is 2.95. The summed E-state index contributed by atoms with van der Waals surface area (Å²) in [5.74, 6) is 0. The number of aromatic nitrogens is 1. The average Bonchev–Trinajstić information content (AvgIpc) is 2.70. The predicted molar refractivity (Wildman–Crippen MR) is 119 cm³/mol. The van der Waals surface area contributed by atoms with E-state index in [0.717, 1.165) is 22.4 Å². The maximum atomic E-state index is 7.32. The minimum absolute atomic E-state index is 0. The van der Waals surface area contributed by atoms with E-state index in [0.29, 0.717) is 0 Å². The first-order chi connectivity index (χ1) is 13.9. The standard InChI is InChI=1S/C19H17N.3C2H3N.Os/c1-4-5-6-9-16(3)17-12-15(2)13-18(14-17)19-10-7-8-11-20-19;3*1-2-3;/h1,4-13H,2-3H3;3*1H3;/q-2;;;;+2/b6-5-,16-9+;;;;. The quantitative estimate of drug-likeness (QED) is 0.314. The Bertz CT molecular complexity index is 880. The van der Waals surface area contributed by atoms with Gasteiger partial charge in [-0.25, -0.2) is 12.2 Å². The number of pyridine rings is 1. The van der Waals surface area contributed by atoms with E-state index in [1.807, 2.05) is 30.4 Å². The summed E-state index contributed by atoms with van der Waals surface area (Å²) in [5, 5.41) is 22.0. The zero-order valence-electron chi connectivity index (χ0n) is 18.0. The molecule has 5 heteroatoms. The summed E-state index contributed by atoms with van der Waals surface area (Å²) < 4.78 is 0. The van der Waals surface area contributed by atoms with Crippen LogP contribution in [0.2, 0.25) is 0 Å². The zero-order valence-corrected chi connectivity index (χ0v) is 20.5. The molecule has 1 aromatic heterocycles. The van der Waals surface area contributed by atoms with Gasteiger partial charge in [0.25, 0.3) is 0 Å². The van der Waals surface area contributed by atoms with Gasteiger partial charge in [0.1, 0.15) is 0 Å². The molecule has 154 valence electrons. The van der Waals surface area contributed by atoms with Crippen LogP contribution in [0.3, 0.4) is 0 Å². The van der Waals surface area contributed by atoms with Crippen molar-refractivity contribution in [1.29, 1.82) is 15.8 Å². The van der Waals surface area contributed by atoms with E-state index in [1.54, 1.807) is 30.5 Å². The van der Waals surface area contributed by atoms with Crippen LogP contribution in [0.5, 0.6) is 0 Å². The molecular weight excluding hydrogens is 547 g/mol. The monoisotopic (exact) mass is 574 g/mol. The SMILES string of the molecule is CC#N.CC#N.CC#N.[CH-]=C/C=C\C=C(/C)c1[c-]c(-c2ccccn2)cc(C)c1.[Os+2]. The van der Waals surface area contributed by atoms with Gasteiger partial charge in [0, 0.05) is 32.7 Å². The molecular formula is C25H26N4Os. The molecule has 1 aromatic carbocycles. The van der Waals surface area contributed by atoms with Gasteiger partial charge in [-0.3, -0.25) is 11.6 Å². The molecule has 0 unspecified atom stereocenters. The van der Waals surface area contributed by atoms with Crippen molar-refractivity contribution < 1.29 is 19.8 Å². The fraction of sp³-hybridized carbons (Fsp3) is 0.200. The smallest absolute Gasteiger partial charge is 0.295 e. The second-order valence-electron chi connectivity index (χ2n) is 5.30. The molecule has 30 heavy (non-hydrogen) atoms. The molecule has 2 aromatic rings. The van der Waals surface area contributed by atoms with E-state index in [2.05, 4.69) is 37.0 Å². The Kier molecular flexibility index (Phi) is 23.0. The number of allylic oxidation sites excluding steroid dienone is 5. The van der Waals surface area contributed by atoms with E-state index in [1.165, 1.54) is 32.4 Å². The van der Waals surface area contributed by atoms with Gasteiger partial charge >= 0.3 is 19.8 Å². The Balaban J connectivity index is -0.000000627. The zero-order chi connectivity index (χ0) is 22.5. The molecule has 0 bridgehead atoms. The van der Waals surface area contributed by atoms with E-state index in [-0.39, 0.29) is 19.8 Å². The average molecular weight is 573 g/mol. The number of hydrogen-bond acceptors (Lipinski definition) is 4. The van der Waals surface area contributed by atoms with Crippen molar-refractivity contribution in [2.45, 2.75) is 34.6 Å². The van der Waals surface area contributed by atoms with Crippen molar-refractivity contribution >= 4 is 5.57 Å². The van der Waals surface area contributed by atoms with Crippen LogP contribution >= 0.6 is 0 Å². The summed E-state index contributed by atoms with van der Waals surface area (Å²) in [6.07, 6.45) is 9.07. The van der Waals surface area contributed by atoms with E-state index in [4.69, 9.17) is 22.4 Å². The topological polar surface area (TPSA) is 84.3 Å². The van der Waals surface area contributed by atoms with Crippen LogP contribution in [0, 0.1) is 53.6 Å². The molecule has 0 spiro atoms. The third kappa shape index (κ3) is 15.7. The molecule has 0 N–H and O–H groups in total. The normalized spacial score (nSPS) is 8.67. The Labute approximate surface area is 194 Å². The summed E-state index contributed by atoms with van der Waals surface area (Å²) in [7, 11) is 0. The molecule has 0 aliphatic rings. The largest absolute Gasteiger partial charge is 2.00 e. The molecule has 0 aliphatic carbocycles. The number of nitriles is 3. The minimum atomic E-state index is 0. The Morgan fingerprint density at radius 2 is 1.60 bits per heavy atom.